The second-order valence-electron chi connectivity index (χ2n) is 10.7. The average molecular weight is 718 g/mol. The number of hydrogen-bond donors (Lipinski definition) is 1. The van der Waals surface area contributed by atoms with Crippen LogP contribution in [0.2, 0.25) is 5.02 Å². The average Bonchev–Trinajstić information content (AvgIpc) is 3.60. The first kappa shape index (κ1) is 31.5. The first-order valence-electron chi connectivity index (χ1n) is 14.0. The van der Waals surface area contributed by atoms with Crippen LogP contribution in [0.4, 0.5) is 13.2 Å². The maximum atomic E-state index is 14.0. The van der Waals surface area contributed by atoms with Gasteiger partial charge in [0, 0.05) is 35.1 Å². The second-order valence-corrected chi connectivity index (χ2v) is 12.0. The highest BCUT2D eigenvalue weighted by atomic mass is 79.9. The van der Waals surface area contributed by atoms with Crippen molar-refractivity contribution in [3.63, 3.8) is 0 Å². The number of amides is 2. The van der Waals surface area contributed by atoms with E-state index in [1.165, 1.54) is 44.4 Å². The highest BCUT2D eigenvalue weighted by Crippen LogP contribution is 2.27. The Morgan fingerprint density at radius 3 is 2.54 bits per heavy atom. The van der Waals surface area contributed by atoms with Gasteiger partial charge in [0.25, 0.3) is 11.8 Å². The quantitative estimate of drug-likeness (QED) is 0.204. The Labute approximate surface area is 273 Å². The van der Waals surface area contributed by atoms with Crippen LogP contribution in [-0.2, 0) is 19.6 Å². The summed E-state index contributed by atoms with van der Waals surface area (Å²) in [5, 5.41) is 4.13. The zero-order chi connectivity index (χ0) is 32.7. The van der Waals surface area contributed by atoms with Crippen molar-refractivity contribution in [2.45, 2.75) is 32.7 Å². The molecule has 0 spiro atoms. The van der Waals surface area contributed by atoms with Gasteiger partial charge in [-0.15, -0.1) is 0 Å². The van der Waals surface area contributed by atoms with E-state index in [0.29, 0.717) is 26.3 Å². The van der Waals surface area contributed by atoms with E-state index in [9.17, 15) is 27.6 Å². The smallest absolute Gasteiger partial charge is 0.422 e. The molecule has 0 atom stereocenters. The number of fused-ring (bicyclic) bond motifs is 2. The molecule has 1 N–H and O–H groups in total. The van der Waals surface area contributed by atoms with Gasteiger partial charge in [-0.1, -0.05) is 11.6 Å². The van der Waals surface area contributed by atoms with Gasteiger partial charge in [-0.05, 0) is 94.6 Å². The fourth-order valence-corrected chi connectivity index (χ4v) is 5.81. The van der Waals surface area contributed by atoms with Crippen molar-refractivity contribution in [1.29, 1.82) is 0 Å². The Hall–Kier alpha value is -4.49. The predicted molar refractivity (Wildman–Crippen MR) is 168 cm³/mol. The summed E-state index contributed by atoms with van der Waals surface area (Å²) in [6, 6.07) is 15.8. The number of ether oxygens (including phenoxy) is 1. The number of carbonyl (C=O) groups excluding carboxylic acids is 2. The van der Waals surface area contributed by atoms with Gasteiger partial charge in [0.2, 0.25) is 0 Å². The van der Waals surface area contributed by atoms with E-state index >= 15 is 0 Å². The van der Waals surface area contributed by atoms with Crippen molar-refractivity contribution in [2.24, 2.45) is 0 Å². The van der Waals surface area contributed by atoms with Crippen molar-refractivity contribution < 1.29 is 31.9 Å². The topological polar surface area (TPSA) is 98.7 Å². The van der Waals surface area contributed by atoms with E-state index in [4.69, 9.17) is 20.8 Å². The van der Waals surface area contributed by atoms with Crippen LogP contribution in [0, 0.1) is 6.92 Å². The number of hydrogen-bond acceptors (Lipinski definition) is 5. The molecule has 3 heterocycles. The summed E-state index contributed by atoms with van der Waals surface area (Å²) in [4.78, 5) is 42.7. The van der Waals surface area contributed by atoms with Crippen LogP contribution in [-0.4, -0.2) is 45.2 Å². The lowest BCUT2D eigenvalue weighted by Gasteiger charge is -2.28. The summed E-state index contributed by atoms with van der Waals surface area (Å²) in [6.07, 6.45) is -2.94. The molecule has 14 heteroatoms. The SMILES string of the molecule is Cc1cc2occc2cc1CNC(=O)c1c2n(c(=O)n1-c1ccc(OCC(F)(F)F)cc1)CCN(C(=O)c1ccc(Br)c(Cl)c1)C2. The molecule has 1 aliphatic heterocycles. The molecule has 2 aromatic heterocycles. The molecule has 9 nitrogen and oxygen atoms in total. The fourth-order valence-electron chi connectivity index (χ4n) is 5.38. The zero-order valence-corrected chi connectivity index (χ0v) is 26.5. The first-order valence-corrected chi connectivity index (χ1v) is 15.2. The first-order chi connectivity index (χ1) is 21.9. The third kappa shape index (κ3) is 6.29. The number of carbonyl (C=O) groups is 2. The molecule has 5 aromatic rings. The van der Waals surface area contributed by atoms with E-state index in [1.54, 1.807) is 18.4 Å². The lowest BCUT2D eigenvalue weighted by molar-refractivity contribution is -0.153. The lowest BCUT2D eigenvalue weighted by Crippen LogP contribution is -2.41. The zero-order valence-electron chi connectivity index (χ0n) is 24.2. The van der Waals surface area contributed by atoms with Crippen LogP contribution in [0.15, 0.2) is 80.6 Å². The highest BCUT2D eigenvalue weighted by Gasteiger charge is 2.33. The molecular formula is C32H25BrClF3N4O5. The monoisotopic (exact) mass is 716 g/mol. The number of imidazole rings is 1. The minimum atomic E-state index is -4.52. The van der Waals surface area contributed by atoms with Gasteiger partial charge in [-0.2, -0.15) is 13.2 Å². The van der Waals surface area contributed by atoms with E-state index < -0.39 is 24.4 Å². The Kier molecular flexibility index (Phi) is 8.47. The van der Waals surface area contributed by atoms with E-state index in [0.717, 1.165) is 16.5 Å². The molecule has 2 amide bonds. The minimum absolute atomic E-state index is 0.00217. The molecule has 0 saturated heterocycles. The van der Waals surface area contributed by atoms with Crippen LogP contribution < -0.4 is 15.7 Å². The Bertz CT molecular complexity index is 2030. The number of benzene rings is 3. The number of furan rings is 1. The Morgan fingerprint density at radius 1 is 1.07 bits per heavy atom. The van der Waals surface area contributed by atoms with Gasteiger partial charge in [0.1, 0.15) is 17.0 Å². The van der Waals surface area contributed by atoms with Crippen molar-refractivity contribution in [3.05, 3.63) is 115 Å². The number of alkyl halides is 3. The fraction of sp³-hybridized carbons (Fsp3) is 0.219. The molecule has 0 radical (unpaired) electrons. The lowest BCUT2D eigenvalue weighted by atomic mass is 10.1. The number of nitrogens with zero attached hydrogens (tertiary/aromatic N) is 3. The highest BCUT2D eigenvalue weighted by molar-refractivity contribution is 9.10. The molecule has 0 bridgehead atoms. The third-order valence-corrected chi connectivity index (χ3v) is 8.93. The van der Waals surface area contributed by atoms with Gasteiger partial charge < -0.3 is 19.4 Å². The second kappa shape index (κ2) is 12.4. The van der Waals surface area contributed by atoms with Gasteiger partial charge in [-0.3, -0.25) is 18.7 Å². The maximum Gasteiger partial charge on any atom is 0.422 e. The predicted octanol–water partition coefficient (Wildman–Crippen LogP) is 6.64. The third-order valence-electron chi connectivity index (χ3n) is 7.70. The molecule has 238 valence electrons. The summed E-state index contributed by atoms with van der Waals surface area (Å²) in [6.45, 7) is 0.802. The van der Waals surface area contributed by atoms with Crippen LogP contribution >= 0.6 is 27.5 Å². The van der Waals surface area contributed by atoms with Crippen molar-refractivity contribution in [3.8, 4) is 11.4 Å². The molecule has 1 aliphatic rings. The van der Waals surface area contributed by atoms with Gasteiger partial charge in [-0.25, -0.2) is 4.79 Å². The number of nitrogens with one attached hydrogen (secondary N) is 1. The molecule has 46 heavy (non-hydrogen) atoms. The largest absolute Gasteiger partial charge is 0.484 e. The van der Waals surface area contributed by atoms with E-state index in [-0.39, 0.29) is 49.2 Å². The van der Waals surface area contributed by atoms with Crippen LogP contribution in [0.25, 0.3) is 16.7 Å². The van der Waals surface area contributed by atoms with Crippen LogP contribution in [0.1, 0.15) is 37.7 Å². The van der Waals surface area contributed by atoms with Crippen molar-refractivity contribution >= 4 is 50.3 Å². The summed E-state index contributed by atoms with van der Waals surface area (Å²) < 4.78 is 51.5. The van der Waals surface area contributed by atoms with Crippen molar-refractivity contribution in [1.82, 2.24) is 19.4 Å². The molecule has 0 saturated carbocycles. The molecule has 0 aliphatic carbocycles. The molecule has 0 unspecified atom stereocenters. The normalized spacial score (nSPS) is 13.1. The van der Waals surface area contributed by atoms with Crippen LogP contribution in [0.3, 0.4) is 0 Å². The summed E-state index contributed by atoms with van der Waals surface area (Å²) in [5.41, 5.74) is 2.80. The summed E-state index contributed by atoms with van der Waals surface area (Å²) in [5.74, 6) is -0.961. The van der Waals surface area contributed by atoms with Crippen molar-refractivity contribution in [2.75, 3.05) is 13.2 Å². The molecular weight excluding hydrogens is 693 g/mol. The number of aromatic nitrogens is 2. The minimum Gasteiger partial charge on any atom is -0.484 e. The van der Waals surface area contributed by atoms with Gasteiger partial charge in [0.05, 0.1) is 29.2 Å². The number of rotatable bonds is 7. The van der Waals surface area contributed by atoms with Gasteiger partial charge in [0.15, 0.2) is 6.61 Å². The summed E-state index contributed by atoms with van der Waals surface area (Å²) in [7, 11) is 0. The summed E-state index contributed by atoms with van der Waals surface area (Å²) >= 11 is 9.54. The Balaban J connectivity index is 1.36. The van der Waals surface area contributed by atoms with E-state index in [1.807, 2.05) is 25.1 Å². The molecule has 0 fully saturated rings. The number of halogens is 5. The van der Waals surface area contributed by atoms with Crippen LogP contribution in [0.5, 0.6) is 5.75 Å². The molecule has 3 aromatic carbocycles. The van der Waals surface area contributed by atoms with E-state index in [2.05, 4.69) is 21.2 Å². The number of aryl methyl sites for hydroxylation is 1. The Morgan fingerprint density at radius 2 is 1.83 bits per heavy atom. The molecule has 6 rings (SSSR count). The maximum absolute atomic E-state index is 14.0. The van der Waals surface area contributed by atoms with Gasteiger partial charge >= 0.3 is 11.9 Å². The standard InChI is InChI=1S/C32H25BrClF3N4O5/c1-18-12-27-19(8-11-45-27)13-21(18)15-38-29(42)28-26-16-39(30(43)20-2-7-24(33)25(34)14-20)9-10-40(26)31(44)41(28)22-3-5-23(6-4-22)46-17-32(35,36)37/h2-8,11-14H,9-10,15-17H2,1H3,(H,38,42).